The Bertz CT molecular complexity index is 503. The molecule has 0 aromatic heterocycles. The fourth-order valence-corrected chi connectivity index (χ4v) is 3.16. The molecule has 1 amide bonds. The molecule has 5 heteroatoms. The van der Waals surface area contributed by atoms with Gasteiger partial charge in [0.05, 0.1) is 26.3 Å². The smallest absolute Gasteiger partial charge is 0.236 e. The summed E-state index contributed by atoms with van der Waals surface area (Å²) in [5, 5.41) is 9.74. The van der Waals surface area contributed by atoms with Gasteiger partial charge < -0.3 is 14.7 Å². The Hall–Kier alpha value is -1.59. The molecule has 1 fully saturated rings. The molecule has 0 radical (unpaired) electrons. The summed E-state index contributed by atoms with van der Waals surface area (Å²) >= 11 is 0. The quantitative estimate of drug-likeness (QED) is 0.870. The molecule has 1 aromatic carbocycles. The second kappa shape index (κ2) is 8.31. The summed E-state index contributed by atoms with van der Waals surface area (Å²) in [6, 6.07) is 7.43. The molecule has 1 N–H and O–H groups in total. The van der Waals surface area contributed by atoms with Crippen LogP contribution in [0.1, 0.15) is 31.4 Å². The molecule has 1 saturated heterocycles. The van der Waals surface area contributed by atoms with Crippen LogP contribution in [0.3, 0.4) is 0 Å². The van der Waals surface area contributed by atoms with E-state index < -0.39 is 0 Å². The third-order valence-electron chi connectivity index (χ3n) is 4.60. The van der Waals surface area contributed by atoms with Crippen LogP contribution in [0.15, 0.2) is 24.3 Å². The predicted molar refractivity (Wildman–Crippen MR) is 90.4 cm³/mol. The summed E-state index contributed by atoms with van der Waals surface area (Å²) in [4.78, 5) is 16.4. The Morgan fingerprint density at radius 2 is 2.13 bits per heavy atom. The van der Waals surface area contributed by atoms with E-state index in [-0.39, 0.29) is 18.6 Å². The molecule has 0 aliphatic carbocycles. The van der Waals surface area contributed by atoms with Crippen molar-refractivity contribution >= 4 is 5.91 Å². The molecule has 2 atom stereocenters. The number of carbonyl (C=O) groups is 1. The van der Waals surface area contributed by atoms with Gasteiger partial charge in [-0.2, -0.15) is 0 Å². The highest BCUT2D eigenvalue weighted by Gasteiger charge is 2.24. The van der Waals surface area contributed by atoms with Crippen LogP contribution >= 0.6 is 0 Å². The van der Waals surface area contributed by atoms with Crippen LogP contribution in [0.25, 0.3) is 0 Å². The molecule has 1 aliphatic heterocycles. The van der Waals surface area contributed by atoms with Crippen molar-refractivity contribution in [2.75, 3.05) is 40.4 Å². The van der Waals surface area contributed by atoms with Gasteiger partial charge in [-0.1, -0.05) is 19.1 Å². The van der Waals surface area contributed by atoms with Crippen molar-refractivity contribution < 1.29 is 14.6 Å². The highest BCUT2D eigenvalue weighted by Crippen LogP contribution is 2.22. The van der Waals surface area contributed by atoms with E-state index in [1.165, 1.54) is 6.42 Å². The molecular formula is C18H28N2O3. The van der Waals surface area contributed by atoms with Crippen molar-refractivity contribution in [3.8, 4) is 5.75 Å². The van der Waals surface area contributed by atoms with Gasteiger partial charge in [0.25, 0.3) is 0 Å². The normalized spacial score (nSPS) is 19.7. The first-order valence-electron chi connectivity index (χ1n) is 8.28. The minimum atomic E-state index is -0.188. The number of ether oxygens (including phenoxy) is 1. The monoisotopic (exact) mass is 320 g/mol. The average Bonchev–Trinajstić information content (AvgIpc) is 2.56. The van der Waals surface area contributed by atoms with E-state index in [1.54, 1.807) is 7.11 Å². The molecule has 0 saturated carbocycles. The molecule has 2 rings (SSSR count). The summed E-state index contributed by atoms with van der Waals surface area (Å²) in [5.74, 6) is 1.51. The zero-order valence-corrected chi connectivity index (χ0v) is 14.4. The van der Waals surface area contributed by atoms with Crippen LogP contribution in [0.2, 0.25) is 0 Å². The number of likely N-dealkylation sites (N-methyl/N-ethyl adjacent to an activating group) is 1. The van der Waals surface area contributed by atoms with Gasteiger partial charge in [0.2, 0.25) is 5.91 Å². The van der Waals surface area contributed by atoms with Gasteiger partial charge in [-0.15, -0.1) is 0 Å². The fraction of sp³-hybridized carbons (Fsp3) is 0.611. The maximum atomic E-state index is 12.5. The first-order valence-corrected chi connectivity index (χ1v) is 8.28. The molecule has 2 unspecified atom stereocenters. The first-order chi connectivity index (χ1) is 11.0. The zero-order chi connectivity index (χ0) is 16.8. The van der Waals surface area contributed by atoms with Crippen LogP contribution in [-0.4, -0.2) is 61.2 Å². The Balaban J connectivity index is 1.98. The molecule has 5 nitrogen and oxygen atoms in total. The lowest BCUT2D eigenvalue weighted by atomic mass is 10.0. The number of hydrogen-bond acceptors (Lipinski definition) is 4. The van der Waals surface area contributed by atoms with Crippen molar-refractivity contribution in [1.29, 1.82) is 0 Å². The van der Waals surface area contributed by atoms with Gasteiger partial charge in [-0.3, -0.25) is 9.69 Å². The van der Waals surface area contributed by atoms with E-state index in [9.17, 15) is 9.90 Å². The predicted octanol–water partition coefficient (Wildman–Crippen LogP) is 1.92. The number of carbonyl (C=O) groups excluding carboxylic acids is 1. The van der Waals surface area contributed by atoms with Gasteiger partial charge in [0.1, 0.15) is 5.75 Å². The maximum absolute atomic E-state index is 12.5. The van der Waals surface area contributed by atoms with E-state index in [2.05, 4.69) is 6.92 Å². The molecule has 128 valence electrons. The third-order valence-corrected chi connectivity index (χ3v) is 4.60. The number of likely N-dealkylation sites (tertiary alicyclic amines) is 1. The Morgan fingerprint density at radius 1 is 1.43 bits per heavy atom. The van der Waals surface area contributed by atoms with E-state index in [0.717, 1.165) is 30.8 Å². The minimum absolute atomic E-state index is 0.0213. The lowest BCUT2D eigenvalue weighted by Gasteiger charge is -2.34. The number of rotatable bonds is 6. The number of aliphatic hydroxyl groups excluding tert-OH is 1. The molecule has 0 bridgehead atoms. The second-order valence-electron chi connectivity index (χ2n) is 6.47. The summed E-state index contributed by atoms with van der Waals surface area (Å²) in [7, 11) is 3.51. The Morgan fingerprint density at radius 3 is 2.70 bits per heavy atom. The average molecular weight is 320 g/mol. The van der Waals surface area contributed by atoms with Crippen LogP contribution in [-0.2, 0) is 4.79 Å². The van der Waals surface area contributed by atoms with Gasteiger partial charge in [-0.25, -0.2) is 0 Å². The number of hydrogen-bond donors (Lipinski definition) is 1. The van der Waals surface area contributed by atoms with Crippen LogP contribution in [0.4, 0.5) is 0 Å². The number of methoxy groups -OCH3 is 1. The van der Waals surface area contributed by atoms with Crippen molar-refractivity contribution in [3.63, 3.8) is 0 Å². The Kier molecular flexibility index (Phi) is 6.42. The number of benzene rings is 1. The summed E-state index contributed by atoms with van der Waals surface area (Å²) in [5.41, 5.74) is 0.982. The number of aliphatic hydroxyl groups is 1. The summed E-state index contributed by atoms with van der Waals surface area (Å²) in [6.07, 6.45) is 2.28. The second-order valence-corrected chi connectivity index (χ2v) is 6.47. The van der Waals surface area contributed by atoms with Gasteiger partial charge >= 0.3 is 0 Å². The number of piperidine rings is 1. The van der Waals surface area contributed by atoms with E-state index in [1.807, 2.05) is 41.1 Å². The molecular weight excluding hydrogens is 292 g/mol. The van der Waals surface area contributed by atoms with Gasteiger partial charge in [-0.05, 0) is 43.5 Å². The Labute approximate surface area is 138 Å². The van der Waals surface area contributed by atoms with E-state index in [0.29, 0.717) is 12.5 Å². The van der Waals surface area contributed by atoms with Crippen LogP contribution < -0.4 is 4.74 Å². The zero-order valence-electron chi connectivity index (χ0n) is 14.4. The third kappa shape index (κ3) is 4.69. The van der Waals surface area contributed by atoms with Crippen LogP contribution in [0, 0.1) is 5.92 Å². The summed E-state index contributed by atoms with van der Waals surface area (Å²) < 4.78 is 5.16. The van der Waals surface area contributed by atoms with Gasteiger partial charge in [0.15, 0.2) is 0 Å². The number of amides is 1. The molecule has 23 heavy (non-hydrogen) atoms. The molecule has 0 spiro atoms. The molecule has 1 aromatic rings. The van der Waals surface area contributed by atoms with Crippen molar-refractivity contribution in [1.82, 2.24) is 9.80 Å². The summed E-state index contributed by atoms with van der Waals surface area (Å²) in [6.45, 7) is 4.19. The molecule has 1 heterocycles. The lowest BCUT2D eigenvalue weighted by molar-refractivity contribution is -0.134. The standard InChI is InChI=1S/C18H28N2O3/c1-14-5-4-10-20(11-14)18(22)12-19(2)17(13-21)15-6-8-16(23-3)9-7-15/h6-9,14,17,21H,4-5,10-13H2,1-3H3. The largest absolute Gasteiger partial charge is 0.497 e. The van der Waals surface area contributed by atoms with E-state index in [4.69, 9.17) is 4.74 Å². The van der Waals surface area contributed by atoms with Gasteiger partial charge in [0, 0.05) is 13.1 Å². The van der Waals surface area contributed by atoms with Crippen molar-refractivity contribution in [3.05, 3.63) is 29.8 Å². The van der Waals surface area contributed by atoms with E-state index >= 15 is 0 Å². The molecule has 1 aliphatic rings. The first kappa shape index (κ1) is 17.8. The maximum Gasteiger partial charge on any atom is 0.236 e. The van der Waals surface area contributed by atoms with Crippen LogP contribution in [0.5, 0.6) is 5.75 Å². The van der Waals surface area contributed by atoms with Crippen molar-refractivity contribution in [2.24, 2.45) is 5.92 Å². The topological polar surface area (TPSA) is 53.0 Å². The number of nitrogens with zero attached hydrogens (tertiary/aromatic N) is 2. The fourth-order valence-electron chi connectivity index (χ4n) is 3.16. The highest BCUT2D eigenvalue weighted by molar-refractivity contribution is 5.78. The highest BCUT2D eigenvalue weighted by atomic mass is 16.5. The SMILES string of the molecule is COc1ccc(C(CO)N(C)CC(=O)N2CCCC(C)C2)cc1. The minimum Gasteiger partial charge on any atom is -0.497 e. The van der Waals surface area contributed by atoms with Crippen molar-refractivity contribution in [2.45, 2.75) is 25.8 Å². The lowest BCUT2D eigenvalue weighted by Crippen LogP contribution is -2.45.